The van der Waals surface area contributed by atoms with Gasteiger partial charge in [-0.25, -0.2) is 4.68 Å². The van der Waals surface area contributed by atoms with E-state index < -0.39 is 17.9 Å². The molecule has 4 rings (SSSR count). The fraction of sp³-hybridized carbons (Fsp3) is 0.400. The SMILES string of the molecule is COC(=O)CNC(=O)CC(NC(=O)c1cc(-c2c(OC)cccc2OC)n(-c2ccc(Cl)cc2)n1)C1CCCCC1. The van der Waals surface area contributed by atoms with E-state index in [-0.39, 0.29) is 30.5 Å². The van der Waals surface area contributed by atoms with Crippen LogP contribution in [0.3, 0.4) is 0 Å². The second-order valence-electron chi connectivity index (χ2n) is 9.88. The predicted molar refractivity (Wildman–Crippen MR) is 155 cm³/mol. The van der Waals surface area contributed by atoms with Crippen LogP contribution in [0.15, 0.2) is 48.5 Å². The Hall–Kier alpha value is -4.05. The quantitative estimate of drug-likeness (QED) is 0.318. The Morgan fingerprint density at radius 3 is 2.27 bits per heavy atom. The maximum Gasteiger partial charge on any atom is 0.325 e. The standard InChI is InChI=1S/C30H35ClN4O6/c1-39-25-10-7-11-26(40-2)29(25)24-16-23(34-35(24)21-14-12-20(31)13-15-21)30(38)33-22(19-8-5-4-6-9-19)17-27(36)32-18-28(37)41-3/h7,10-16,19,22H,4-6,8-9,17-18H2,1-3H3,(H,32,36)(H,33,38). The first-order valence-electron chi connectivity index (χ1n) is 13.6. The van der Waals surface area contributed by atoms with E-state index in [1.54, 1.807) is 49.2 Å². The summed E-state index contributed by atoms with van der Waals surface area (Å²) >= 11 is 6.14. The minimum Gasteiger partial charge on any atom is -0.496 e. The van der Waals surface area contributed by atoms with Crippen molar-refractivity contribution < 1.29 is 28.6 Å². The molecule has 11 heteroatoms. The van der Waals surface area contributed by atoms with E-state index in [0.717, 1.165) is 32.1 Å². The molecule has 1 atom stereocenters. The Balaban J connectivity index is 1.68. The van der Waals surface area contributed by atoms with Gasteiger partial charge in [0.05, 0.1) is 38.3 Å². The summed E-state index contributed by atoms with van der Waals surface area (Å²) in [5, 5.41) is 10.9. The van der Waals surface area contributed by atoms with E-state index in [2.05, 4.69) is 20.5 Å². The number of aromatic nitrogens is 2. The van der Waals surface area contributed by atoms with Gasteiger partial charge in [0.2, 0.25) is 5.91 Å². The lowest BCUT2D eigenvalue weighted by Gasteiger charge is -2.30. The van der Waals surface area contributed by atoms with E-state index in [0.29, 0.717) is 33.5 Å². The molecule has 41 heavy (non-hydrogen) atoms. The average molecular weight is 583 g/mol. The average Bonchev–Trinajstić information content (AvgIpc) is 3.45. The number of esters is 1. The first-order chi connectivity index (χ1) is 19.8. The number of hydrogen-bond acceptors (Lipinski definition) is 7. The molecule has 0 bridgehead atoms. The van der Waals surface area contributed by atoms with Crippen LogP contribution >= 0.6 is 11.6 Å². The first kappa shape index (κ1) is 29.9. The van der Waals surface area contributed by atoms with E-state index in [1.165, 1.54) is 7.11 Å². The second-order valence-corrected chi connectivity index (χ2v) is 10.3. The molecule has 1 aliphatic carbocycles. The van der Waals surface area contributed by atoms with E-state index in [9.17, 15) is 14.4 Å². The molecular formula is C30H35ClN4O6. The summed E-state index contributed by atoms with van der Waals surface area (Å²) in [5.74, 6) is -0.0588. The van der Waals surface area contributed by atoms with Gasteiger partial charge in [0.1, 0.15) is 18.0 Å². The number of halogens is 1. The van der Waals surface area contributed by atoms with E-state index in [1.807, 2.05) is 18.2 Å². The van der Waals surface area contributed by atoms with Crippen LogP contribution in [0.25, 0.3) is 16.9 Å². The van der Waals surface area contributed by atoms with Gasteiger partial charge in [-0.2, -0.15) is 5.10 Å². The fourth-order valence-corrected chi connectivity index (χ4v) is 5.31. The molecule has 218 valence electrons. The molecule has 1 aromatic heterocycles. The largest absolute Gasteiger partial charge is 0.496 e. The third kappa shape index (κ3) is 7.38. The number of benzene rings is 2. The number of hydrogen-bond donors (Lipinski definition) is 2. The van der Waals surface area contributed by atoms with Crippen LogP contribution in [0, 0.1) is 5.92 Å². The topological polar surface area (TPSA) is 121 Å². The maximum atomic E-state index is 13.7. The van der Waals surface area contributed by atoms with Crippen LogP contribution in [-0.2, 0) is 14.3 Å². The Morgan fingerprint density at radius 1 is 1.00 bits per heavy atom. The minimum absolute atomic E-state index is 0.0402. The normalized spacial score (nSPS) is 14.1. The highest BCUT2D eigenvalue weighted by Crippen LogP contribution is 2.39. The molecule has 1 aliphatic rings. The number of rotatable bonds is 11. The molecule has 1 saturated carbocycles. The summed E-state index contributed by atoms with van der Waals surface area (Å²) in [6, 6.07) is 13.8. The van der Waals surface area contributed by atoms with Crippen molar-refractivity contribution in [3.63, 3.8) is 0 Å². The lowest BCUT2D eigenvalue weighted by molar-refractivity contribution is -0.141. The maximum absolute atomic E-state index is 13.7. The zero-order valence-corrected chi connectivity index (χ0v) is 24.2. The predicted octanol–water partition coefficient (Wildman–Crippen LogP) is 4.57. The zero-order valence-electron chi connectivity index (χ0n) is 23.4. The molecule has 1 fully saturated rings. The molecule has 0 saturated heterocycles. The molecule has 0 aliphatic heterocycles. The zero-order chi connectivity index (χ0) is 29.4. The molecule has 1 heterocycles. The van der Waals surface area contributed by atoms with Crippen molar-refractivity contribution in [2.24, 2.45) is 5.92 Å². The van der Waals surface area contributed by atoms with Crippen molar-refractivity contribution in [2.75, 3.05) is 27.9 Å². The van der Waals surface area contributed by atoms with Crippen molar-refractivity contribution in [1.82, 2.24) is 20.4 Å². The molecular weight excluding hydrogens is 548 g/mol. The van der Waals surface area contributed by atoms with Crippen molar-refractivity contribution in [1.29, 1.82) is 0 Å². The van der Waals surface area contributed by atoms with Crippen LogP contribution in [0.5, 0.6) is 11.5 Å². The van der Waals surface area contributed by atoms with E-state index in [4.69, 9.17) is 21.1 Å². The fourth-order valence-electron chi connectivity index (χ4n) is 5.18. The summed E-state index contributed by atoms with van der Waals surface area (Å²) in [7, 11) is 4.39. The van der Waals surface area contributed by atoms with Crippen molar-refractivity contribution in [2.45, 2.75) is 44.6 Å². The Bertz CT molecular complexity index is 1350. The summed E-state index contributed by atoms with van der Waals surface area (Å²) in [6.45, 7) is -0.226. The molecule has 1 unspecified atom stereocenters. The number of nitrogens with one attached hydrogen (secondary N) is 2. The van der Waals surface area contributed by atoms with Crippen LogP contribution in [0.4, 0.5) is 0 Å². The molecule has 10 nitrogen and oxygen atoms in total. The number of ether oxygens (including phenoxy) is 3. The summed E-state index contributed by atoms with van der Waals surface area (Å²) in [5.41, 5.74) is 2.06. The number of carbonyl (C=O) groups excluding carboxylic acids is 3. The summed E-state index contributed by atoms with van der Waals surface area (Å²) in [4.78, 5) is 37.9. The van der Waals surface area contributed by atoms with Gasteiger partial charge in [-0.1, -0.05) is 36.9 Å². The number of methoxy groups -OCH3 is 3. The Labute approximate surface area is 244 Å². The molecule has 0 radical (unpaired) electrons. The third-order valence-corrected chi connectivity index (χ3v) is 7.55. The monoisotopic (exact) mass is 582 g/mol. The van der Waals surface area contributed by atoms with Crippen molar-refractivity contribution >= 4 is 29.4 Å². The van der Waals surface area contributed by atoms with Crippen LogP contribution in [0.2, 0.25) is 5.02 Å². The van der Waals surface area contributed by atoms with Gasteiger partial charge >= 0.3 is 5.97 Å². The van der Waals surface area contributed by atoms with Crippen LogP contribution in [0.1, 0.15) is 49.0 Å². The Morgan fingerprint density at radius 2 is 1.66 bits per heavy atom. The van der Waals surface area contributed by atoms with Gasteiger partial charge in [0, 0.05) is 17.5 Å². The van der Waals surface area contributed by atoms with Gasteiger partial charge in [-0.15, -0.1) is 0 Å². The van der Waals surface area contributed by atoms with Gasteiger partial charge in [-0.3, -0.25) is 14.4 Å². The highest BCUT2D eigenvalue weighted by molar-refractivity contribution is 6.30. The van der Waals surface area contributed by atoms with Crippen molar-refractivity contribution in [3.05, 3.63) is 59.2 Å². The molecule has 2 N–H and O–H groups in total. The highest BCUT2D eigenvalue weighted by Gasteiger charge is 2.29. The molecule has 3 aromatic rings. The Kier molecular flexibility index (Phi) is 10.2. The molecule has 2 amide bonds. The number of carbonyl (C=O) groups is 3. The lowest BCUT2D eigenvalue weighted by atomic mass is 9.82. The second kappa shape index (κ2) is 14.0. The van der Waals surface area contributed by atoms with Crippen LogP contribution in [-0.4, -0.2) is 61.5 Å². The number of nitrogens with zero attached hydrogens (tertiary/aromatic N) is 2. The third-order valence-electron chi connectivity index (χ3n) is 7.30. The molecule has 0 spiro atoms. The minimum atomic E-state index is -0.538. The highest BCUT2D eigenvalue weighted by atomic mass is 35.5. The number of amides is 2. The van der Waals surface area contributed by atoms with E-state index >= 15 is 0 Å². The van der Waals surface area contributed by atoms with Gasteiger partial charge in [-0.05, 0) is 61.2 Å². The van der Waals surface area contributed by atoms with Crippen molar-refractivity contribution in [3.8, 4) is 28.4 Å². The lowest BCUT2D eigenvalue weighted by Crippen LogP contribution is -2.45. The van der Waals surface area contributed by atoms with Crippen LogP contribution < -0.4 is 20.1 Å². The smallest absolute Gasteiger partial charge is 0.325 e. The molecule has 2 aromatic carbocycles. The summed E-state index contributed by atoms with van der Waals surface area (Å²) < 4.78 is 17.5. The van der Waals surface area contributed by atoms with Gasteiger partial charge < -0.3 is 24.8 Å². The van der Waals surface area contributed by atoms with Gasteiger partial charge in [0.15, 0.2) is 5.69 Å². The van der Waals surface area contributed by atoms with Gasteiger partial charge in [0.25, 0.3) is 5.91 Å². The first-order valence-corrected chi connectivity index (χ1v) is 13.9. The summed E-state index contributed by atoms with van der Waals surface area (Å²) in [6.07, 6.45) is 5.03.